The first kappa shape index (κ1) is 26.7. The van der Waals surface area contributed by atoms with E-state index in [2.05, 4.69) is 5.32 Å². The summed E-state index contributed by atoms with van der Waals surface area (Å²) < 4.78 is 20.0. The summed E-state index contributed by atoms with van der Waals surface area (Å²) in [5.41, 5.74) is 2.94. The Morgan fingerprint density at radius 1 is 1.14 bits per heavy atom. The van der Waals surface area contributed by atoms with Gasteiger partial charge in [0.05, 0.1) is 6.61 Å². The second-order valence-corrected chi connectivity index (χ2v) is 13.5. The topological polar surface area (TPSA) is 95.9 Å². The molecule has 2 aromatic carbocycles. The van der Waals surface area contributed by atoms with Crippen molar-refractivity contribution in [3.63, 3.8) is 0 Å². The lowest BCUT2D eigenvalue weighted by Crippen LogP contribution is -2.45. The summed E-state index contributed by atoms with van der Waals surface area (Å²) in [6, 6.07) is 9.46. The number of benzene rings is 2. The van der Waals surface area contributed by atoms with Gasteiger partial charge in [-0.2, -0.15) is 0 Å². The summed E-state index contributed by atoms with van der Waals surface area (Å²) in [5.74, 6) is -2.06. The van der Waals surface area contributed by atoms with Crippen molar-refractivity contribution in [2.75, 3.05) is 37.7 Å². The number of carboxylic acids is 1. The van der Waals surface area contributed by atoms with Crippen LogP contribution in [0.15, 0.2) is 41.3 Å². The van der Waals surface area contributed by atoms with Gasteiger partial charge < -0.3 is 20.1 Å². The first-order chi connectivity index (χ1) is 16.5. The number of carboxylic acid groups (broad SMARTS) is 1. The molecule has 0 saturated heterocycles. The van der Waals surface area contributed by atoms with Crippen LogP contribution in [0.1, 0.15) is 42.0 Å². The van der Waals surface area contributed by atoms with Gasteiger partial charge in [0.15, 0.2) is 0 Å². The standard InChI is InChI=1S/C26H33FN2O5S/c1-34-16-17-8-10-20-18(14-17)12-13-29(23(30)6-5-7-24(31)32)25(20)26(33)28-19-9-11-22(21(27)15-19)35(2,3)4/h8-11,14-15,25H,5-7,12-13,16H2,1-4H3,(H,28,33)(H,31,32)/t25-/m1/s1. The number of anilines is 1. The number of carbonyl (C=O) groups excluding carboxylic acids is 2. The van der Waals surface area contributed by atoms with Crippen LogP contribution in [0.25, 0.3) is 0 Å². The van der Waals surface area contributed by atoms with E-state index in [0.717, 1.165) is 11.1 Å². The molecule has 1 aliphatic heterocycles. The van der Waals surface area contributed by atoms with Gasteiger partial charge >= 0.3 is 5.97 Å². The minimum Gasteiger partial charge on any atom is -0.481 e. The number of hydrogen-bond donors (Lipinski definition) is 2. The molecule has 0 unspecified atom stereocenters. The molecule has 0 fully saturated rings. The molecule has 2 N–H and O–H groups in total. The maximum Gasteiger partial charge on any atom is 0.303 e. The molecule has 1 heterocycles. The summed E-state index contributed by atoms with van der Waals surface area (Å²) in [4.78, 5) is 39.5. The second kappa shape index (κ2) is 11.2. The fraction of sp³-hybridized carbons (Fsp3) is 0.423. The predicted octanol–water partition coefficient (Wildman–Crippen LogP) is 4.34. The SMILES string of the molecule is COCc1ccc2c(c1)CCN(C(=O)CCCC(=O)O)[C@H]2C(=O)Nc1ccc(S(C)(C)C)c(F)c1. The number of nitrogens with one attached hydrogen (secondary N) is 1. The van der Waals surface area contributed by atoms with Gasteiger partial charge in [0.25, 0.3) is 5.91 Å². The number of nitrogens with zero attached hydrogens (tertiary/aromatic N) is 1. The van der Waals surface area contributed by atoms with Gasteiger partial charge in [-0.15, -0.1) is 0 Å². The maximum absolute atomic E-state index is 14.7. The van der Waals surface area contributed by atoms with Crippen molar-refractivity contribution < 1.29 is 28.6 Å². The summed E-state index contributed by atoms with van der Waals surface area (Å²) in [5, 5.41) is 11.7. The van der Waals surface area contributed by atoms with Gasteiger partial charge in [-0.25, -0.2) is 14.4 Å². The molecular weight excluding hydrogens is 471 g/mol. The van der Waals surface area contributed by atoms with Crippen LogP contribution in [-0.2, 0) is 32.1 Å². The Morgan fingerprint density at radius 2 is 1.89 bits per heavy atom. The van der Waals surface area contributed by atoms with Crippen LogP contribution in [0.2, 0.25) is 0 Å². The highest BCUT2D eigenvalue weighted by Gasteiger charge is 2.36. The van der Waals surface area contributed by atoms with E-state index >= 15 is 0 Å². The minimum absolute atomic E-state index is 0.0326. The number of methoxy groups -OCH3 is 1. The van der Waals surface area contributed by atoms with Crippen molar-refractivity contribution in [3.8, 4) is 0 Å². The smallest absolute Gasteiger partial charge is 0.303 e. The van der Waals surface area contributed by atoms with Crippen molar-refractivity contribution >= 4 is 33.5 Å². The largest absolute Gasteiger partial charge is 0.481 e. The number of fused-ring (bicyclic) bond motifs is 1. The van der Waals surface area contributed by atoms with Crippen molar-refractivity contribution in [2.45, 2.75) is 43.2 Å². The summed E-state index contributed by atoms with van der Waals surface area (Å²) in [6.07, 6.45) is 6.66. The van der Waals surface area contributed by atoms with E-state index in [1.54, 1.807) is 19.2 Å². The van der Waals surface area contributed by atoms with Crippen LogP contribution in [0.4, 0.5) is 10.1 Å². The Hall–Kier alpha value is -2.91. The van der Waals surface area contributed by atoms with Crippen molar-refractivity contribution in [2.24, 2.45) is 0 Å². The molecule has 0 bridgehead atoms. The Labute approximate surface area is 207 Å². The predicted molar refractivity (Wildman–Crippen MR) is 135 cm³/mol. The monoisotopic (exact) mass is 504 g/mol. The van der Waals surface area contributed by atoms with Gasteiger partial charge in [0.2, 0.25) is 5.91 Å². The summed E-state index contributed by atoms with van der Waals surface area (Å²) in [7, 11) is 0.334. The van der Waals surface area contributed by atoms with E-state index in [9.17, 15) is 18.8 Å². The van der Waals surface area contributed by atoms with Crippen LogP contribution in [-0.4, -0.2) is 60.2 Å². The van der Waals surface area contributed by atoms with Crippen LogP contribution in [0, 0.1) is 5.82 Å². The lowest BCUT2D eigenvalue weighted by molar-refractivity contribution is -0.140. The fourth-order valence-electron chi connectivity index (χ4n) is 4.31. The van der Waals surface area contributed by atoms with Crippen LogP contribution in [0.5, 0.6) is 0 Å². The zero-order chi connectivity index (χ0) is 25.8. The van der Waals surface area contributed by atoms with E-state index < -0.39 is 27.9 Å². The summed E-state index contributed by atoms with van der Waals surface area (Å²) >= 11 is 0. The van der Waals surface area contributed by atoms with Crippen LogP contribution >= 0.6 is 10.0 Å². The van der Waals surface area contributed by atoms with Crippen LogP contribution in [0.3, 0.4) is 0 Å². The molecule has 190 valence electrons. The van der Waals surface area contributed by atoms with Gasteiger partial charge in [-0.05, 0) is 66.5 Å². The highest BCUT2D eigenvalue weighted by molar-refractivity contribution is 8.32. The number of ether oxygens (including phenoxy) is 1. The second-order valence-electron chi connectivity index (χ2n) is 9.42. The summed E-state index contributed by atoms with van der Waals surface area (Å²) in [6.45, 7) is 0.761. The molecule has 1 atom stereocenters. The number of amides is 2. The van der Waals surface area contributed by atoms with Crippen molar-refractivity contribution in [3.05, 3.63) is 58.9 Å². The molecule has 0 saturated carbocycles. The molecule has 35 heavy (non-hydrogen) atoms. The molecule has 1 aliphatic rings. The van der Waals surface area contributed by atoms with Crippen molar-refractivity contribution in [1.29, 1.82) is 0 Å². The Kier molecular flexibility index (Phi) is 8.56. The first-order valence-electron chi connectivity index (χ1n) is 11.4. The average Bonchev–Trinajstić information content (AvgIpc) is 2.77. The Morgan fingerprint density at radius 3 is 2.51 bits per heavy atom. The third-order valence-corrected chi connectivity index (χ3v) is 7.61. The van der Waals surface area contributed by atoms with E-state index in [1.807, 2.05) is 37.0 Å². The van der Waals surface area contributed by atoms with Gasteiger partial charge in [0, 0.05) is 37.1 Å². The van der Waals surface area contributed by atoms with Crippen LogP contribution < -0.4 is 5.32 Å². The fourth-order valence-corrected chi connectivity index (χ4v) is 5.43. The molecule has 3 rings (SSSR count). The third-order valence-electron chi connectivity index (χ3n) is 5.96. The molecule has 2 amide bonds. The minimum atomic E-state index is -1.28. The van der Waals surface area contributed by atoms with E-state index in [-0.39, 0.29) is 31.0 Å². The lowest BCUT2D eigenvalue weighted by Gasteiger charge is -2.37. The van der Waals surface area contributed by atoms with Crippen molar-refractivity contribution in [1.82, 2.24) is 4.90 Å². The van der Waals surface area contributed by atoms with Gasteiger partial charge in [0.1, 0.15) is 11.9 Å². The average molecular weight is 505 g/mol. The van der Waals surface area contributed by atoms with E-state index in [4.69, 9.17) is 9.84 Å². The zero-order valence-electron chi connectivity index (χ0n) is 20.6. The van der Waals surface area contributed by atoms with E-state index in [1.165, 1.54) is 11.0 Å². The Bertz CT molecular complexity index is 1120. The number of halogens is 1. The number of carbonyl (C=O) groups is 3. The molecule has 0 aliphatic carbocycles. The van der Waals surface area contributed by atoms with E-state index in [0.29, 0.717) is 35.7 Å². The zero-order valence-corrected chi connectivity index (χ0v) is 21.4. The highest BCUT2D eigenvalue weighted by Crippen LogP contribution is 2.47. The Balaban J connectivity index is 1.90. The van der Waals surface area contributed by atoms with Gasteiger partial charge in [-0.1, -0.05) is 18.2 Å². The molecular formula is C26H33FN2O5S. The number of hydrogen-bond acceptors (Lipinski definition) is 4. The maximum atomic E-state index is 14.7. The number of rotatable bonds is 9. The normalized spacial score (nSPS) is 15.9. The molecule has 0 spiro atoms. The highest BCUT2D eigenvalue weighted by atomic mass is 32.3. The lowest BCUT2D eigenvalue weighted by atomic mass is 9.90. The molecule has 0 radical (unpaired) electrons. The number of aliphatic carboxylic acids is 1. The molecule has 0 aromatic heterocycles. The first-order valence-corrected chi connectivity index (χ1v) is 14.3. The quantitative estimate of drug-likeness (QED) is 0.530. The molecule has 2 aromatic rings. The molecule has 7 nitrogen and oxygen atoms in total. The third kappa shape index (κ3) is 6.61. The molecule has 9 heteroatoms. The van der Waals surface area contributed by atoms with Gasteiger partial charge in [-0.3, -0.25) is 14.4 Å².